The summed E-state index contributed by atoms with van der Waals surface area (Å²) in [5.74, 6) is 0.839. The van der Waals surface area contributed by atoms with Crippen molar-refractivity contribution in [2.45, 2.75) is 13.5 Å². The molecule has 1 aromatic carbocycles. The van der Waals surface area contributed by atoms with Crippen LogP contribution in [0.5, 0.6) is 5.75 Å². The van der Waals surface area contributed by atoms with Gasteiger partial charge in [0.2, 0.25) is 0 Å². The summed E-state index contributed by atoms with van der Waals surface area (Å²) < 4.78 is 7.05. The number of hydrogen-bond acceptors (Lipinski definition) is 3. The topological polar surface area (TPSA) is 39.1 Å². The van der Waals surface area contributed by atoms with Crippen molar-refractivity contribution in [3.63, 3.8) is 0 Å². The summed E-state index contributed by atoms with van der Waals surface area (Å²) in [4.78, 5) is 0. The number of ether oxygens (including phenoxy) is 1. The maximum absolute atomic E-state index is 5.19. The van der Waals surface area contributed by atoms with Crippen LogP contribution in [0.2, 0.25) is 0 Å². The Kier molecular flexibility index (Phi) is 3.77. The first-order valence-electron chi connectivity index (χ1n) is 5.73. The lowest BCUT2D eigenvalue weighted by molar-refractivity contribution is 0.414. The normalized spacial score (nSPS) is 10.5. The number of hydrogen-bond donors (Lipinski definition) is 1. The molecule has 0 aliphatic carbocycles. The van der Waals surface area contributed by atoms with Gasteiger partial charge < -0.3 is 10.1 Å². The average molecular weight is 231 g/mol. The number of benzene rings is 1. The Morgan fingerprint density at radius 1 is 1.35 bits per heavy atom. The first-order valence-corrected chi connectivity index (χ1v) is 5.73. The van der Waals surface area contributed by atoms with Crippen LogP contribution in [0.25, 0.3) is 5.69 Å². The zero-order chi connectivity index (χ0) is 12.1. The van der Waals surface area contributed by atoms with Crippen molar-refractivity contribution in [3.05, 3.63) is 42.2 Å². The van der Waals surface area contributed by atoms with E-state index in [1.807, 2.05) is 41.2 Å². The molecule has 17 heavy (non-hydrogen) atoms. The predicted octanol–water partition coefficient (Wildman–Crippen LogP) is 1.99. The molecule has 0 aliphatic heterocycles. The molecule has 0 amide bonds. The molecule has 0 atom stereocenters. The Morgan fingerprint density at radius 3 is 3.00 bits per heavy atom. The van der Waals surface area contributed by atoms with Gasteiger partial charge in [-0.05, 0) is 24.7 Å². The van der Waals surface area contributed by atoms with E-state index in [2.05, 4.69) is 17.3 Å². The van der Waals surface area contributed by atoms with Gasteiger partial charge in [0.25, 0.3) is 0 Å². The number of nitrogens with zero attached hydrogens (tertiary/aromatic N) is 2. The Morgan fingerprint density at radius 2 is 2.24 bits per heavy atom. The second-order valence-corrected chi connectivity index (χ2v) is 3.73. The highest BCUT2D eigenvalue weighted by molar-refractivity contribution is 5.38. The Hall–Kier alpha value is -1.81. The van der Waals surface area contributed by atoms with Gasteiger partial charge in [0.1, 0.15) is 5.75 Å². The van der Waals surface area contributed by atoms with E-state index in [9.17, 15) is 0 Å². The van der Waals surface area contributed by atoms with Crippen molar-refractivity contribution >= 4 is 0 Å². The predicted molar refractivity (Wildman–Crippen MR) is 67.5 cm³/mol. The first kappa shape index (κ1) is 11.7. The van der Waals surface area contributed by atoms with Crippen LogP contribution < -0.4 is 10.1 Å². The molecule has 4 nitrogen and oxygen atoms in total. The molecule has 0 aliphatic rings. The largest absolute Gasteiger partial charge is 0.497 e. The van der Waals surface area contributed by atoms with Crippen molar-refractivity contribution in [2.24, 2.45) is 0 Å². The third-order valence-electron chi connectivity index (χ3n) is 2.52. The van der Waals surface area contributed by atoms with E-state index in [1.165, 1.54) is 0 Å². The first-order chi connectivity index (χ1) is 8.33. The Balaban J connectivity index is 2.18. The molecule has 0 saturated carbocycles. The average Bonchev–Trinajstić information content (AvgIpc) is 2.85. The quantitative estimate of drug-likeness (QED) is 0.855. The SMILES string of the molecule is CCNCc1ccn(-c2cccc(OC)c2)n1. The highest BCUT2D eigenvalue weighted by Gasteiger charge is 2.01. The van der Waals surface area contributed by atoms with Gasteiger partial charge in [0, 0.05) is 18.8 Å². The number of methoxy groups -OCH3 is 1. The van der Waals surface area contributed by atoms with E-state index in [0.29, 0.717) is 0 Å². The van der Waals surface area contributed by atoms with Crippen molar-refractivity contribution < 1.29 is 4.74 Å². The van der Waals surface area contributed by atoms with Crippen LogP contribution in [0.1, 0.15) is 12.6 Å². The molecule has 0 saturated heterocycles. The highest BCUT2D eigenvalue weighted by Crippen LogP contribution is 2.15. The van der Waals surface area contributed by atoms with E-state index in [0.717, 1.165) is 30.2 Å². The van der Waals surface area contributed by atoms with Crippen LogP contribution >= 0.6 is 0 Å². The minimum absolute atomic E-state index is 0.799. The van der Waals surface area contributed by atoms with Crippen LogP contribution in [0.4, 0.5) is 0 Å². The van der Waals surface area contributed by atoms with Crippen molar-refractivity contribution in [1.82, 2.24) is 15.1 Å². The molecular weight excluding hydrogens is 214 g/mol. The smallest absolute Gasteiger partial charge is 0.121 e. The maximum atomic E-state index is 5.19. The van der Waals surface area contributed by atoms with Gasteiger partial charge >= 0.3 is 0 Å². The minimum Gasteiger partial charge on any atom is -0.497 e. The Labute approximate surface area is 101 Å². The molecule has 2 rings (SSSR count). The summed E-state index contributed by atoms with van der Waals surface area (Å²) in [6, 6.07) is 9.87. The van der Waals surface area contributed by atoms with E-state index < -0.39 is 0 Å². The zero-order valence-corrected chi connectivity index (χ0v) is 10.2. The van der Waals surface area contributed by atoms with Gasteiger partial charge in [0.15, 0.2) is 0 Å². The van der Waals surface area contributed by atoms with Crippen molar-refractivity contribution in [1.29, 1.82) is 0 Å². The molecule has 1 aromatic heterocycles. The summed E-state index contributed by atoms with van der Waals surface area (Å²) in [5.41, 5.74) is 2.04. The summed E-state index contributed by atoms with van der Waals surface area (Å²) in [6.45, 7) is 3.83. The fourth-order valence-electron chi connectivity index (χ4n) is 1.61. The second-order valence-electron chi connectivity index (χ2n) is 3.73. The maximum Gasteiger partial charge on any atom is 0.121 e. The van der Waals surface area contributed by atoms with Crippen molar-refractivity contribution in [2.75, 3.05) is 13.7 Å². The summed E-state index contributed by atoms with van der Waals surface area (Å²) in [7, 11) is 1.67. The lowest BCUT2D eigenvalue weighted by Gasteiger charge is -2.04. The molecule has 0 unspecified atom stereocenters. The van der Waals surface area contributed by atoms with Crippen molar-refractivity contribution in [3.8, 4) is 11.4 Å². The van der Waals surface area contributed by atoms with E-state index in [-0.39, 0.29) is 0 Å². The van der Waals surface area contributed by atoms with Gasteiger partial charge in [-0.3, -0.25) is 0 Å². The summed E-state index contributed by atoms with van der Waals surface area (Å²) in [5, 5.41) is 7.74. The van der Waals surface area contributed by atoms with Crippen LogP contribution in [0, 0.1) is 0 Å². The lowest BCUT2D eigenvalue weighted by atomic mass is 10.3. The van der Waals surface area contributed by atoms with Gasteiger partial charge in [-0.25, -0.2) is 4.68 Å². The van der Waals surface area contributed by atoms with Crippen LogP contribution in [0.15, 0.2) is 36.5 Å². The Bertz CT molecular complexity index is 479. The molecule has 90 valence electrons. The number of aromatic nitrogens is 2. The number of rotatable bonds is 5. The fraction of sp³-hybridized carbons (Fsp3) is 0.308. The van der Waals surface area contributed by atoms with Crippen LogP contribution in [-0.4, -0.2) is 23.4 Å². The molecule has 0 fully saturated rings. The van der Waals surface area contributed by atoms with E-state index in [1.54, 1.807) is 7.11 Å². The molecule has 0 radical (unpaired) electrons. The monoisotopic (exact) mass is 231 g/mol. The summed E-state index contributed by atoms with van der Waals surface area (Å²) >= 11 is 0. The third-order valence-corrected chi connectivity index (χ3v) is 2.52. The second kappa shape index (κ2) is 5.50. The zero-order valence-electron chi connectivity index (χ0n) is 10.2. The molecule has 1 heterocycles. The molecule has 1 N–H and O–H groups in total. The molecule has 2 aromatic rings. The summed E-state index contributed by atoms with van der Waals surface area (Å²) in [6.07, 6.45) is 1.96. The molecular formula is C13H17N3O. The van der Waals surface area contributed by atoms with Crippen LogP contribution in [0.3, 0.4) is 0 Å². The number of nitrogens with one attached hydrogen (secondary N) is 1. The van der Waals surface area contributed by atoms with Crippen LogP contribution in [-0.2, 0) is 6.54 Å². The van der Waals surface area contributed by atoms with Gasteiger partial charge in [-0.1, -0.05) is 13.0 Å². The third kappa shape index (κ3) is 2.85. The van der Waals surface area contributed by atoms with Gasteiger partial charge in [-0.15, -0.1) is 0 Å². The van der Waals surface area contributed by atoms with Gasteiger partial charge in [0.05, 0.1) is 18.5 Å². The minimum atomic E-state index is 0.799. The standard InChI is InChI=1S/C13H17N3O/c1-3-14-10-11-7-8-16(15-11)12-5-4-6-13(9-12)17-2/h4-9,14H,3,10H2,1-2H3. The molecule has 0 spiro atoms. The van der Waals surface area contributed by atoms with Gasteiger partial charge in [-0.2, -0.15) is 5.10 Å². The lowest BCUT2D eigenvalue weighted by Crippen LogP contribution is -2.12. The molecule has 4 heteroatoms. The fourth-order valence-corrected chi connectivity index (χ4v) is 1.61. The van der Waals surface area contributed by atoms with E-state index in [4.69, 9.17) is 4.74 Å². The molecule has 0 bridgehead atoms. The van der Waals surface area contributed by atoms with E-state index >= 15 is 0 Å². The highest BCUT2D eigenvalue weighted by atomic mass is 16.5.